The van der Waals surface area contributed by atoms with Crippen LogP contribution < -0.4 is 5.32 Å². The highest BCUT2D eigenvalue weighted by Crippen LogP contribution is 2.22. The number of halogens is 1. The molecular formula is C15H18FNO2S. The van der Waals surface area contributed by atoms with Crippen molar-refractivity contribution in [3.8, 4) is 11.3 Å². The van der Waals surface area contributed by atoms with Gasteiger partial charge in [0.15, 0.2) is 0 Å². The number of furan rings is 1. The van der Waals surface area contributed by atoms with Crippen LogP contribution >= 0.6 is 0 Å². The average Bonchev–Trinajstić information content (AvgIpc) is 2.87. The maximum Gasteiger partial charge on any atom is 0.134 e. The predicted molar refractivity (Wildman–Crippen MR) is 79.4 cm³/mol. The van der Waals surface area contributed by atoms with E-state index >= 15 is 0 Å². The molecule has 0 aliphatic carbocycles. The SMILES string of the molecule is CS(=O)CCCNCc1ccc(-c2ccc(F)cc2)o1. The predicted octanol–water partition coefficient (Wildman–Crippen LogP) is 2.94. The van der Waals surface area contributed by atoms with E-state index in [0.29, 0.717) is 12.3 Å². The fraction of sp³-hybridized carbons (Fsp3) is 0.333. The number of benzene rings is 1. The summed E-state index contributed by atoms with van der Waals surface area (Å²) in [5.41, 5.74) is 0.860. The minimum absolute atomic E-state index is 0.254. The molecule has 0 bridgehead atoms. The Bertz CT molecular complexity index is 566. The Morgan fingerprint density at radius 3 is 2.65 bits per heavy atom. The van der Waals surface area contributed by atoms with Gasteiger partial charge < -0.3 is 9.73 Å². The van der Waals surface area contributed by atoms with Crippen LogP contribution in [0.1, 0.15) is 12.2 Å². The molecule has 5 heteroatoms. The van der Waals surface area contributed by atoms with Crippen LogP contribution in [0.25, 0.3) is 11.3 Å². The average molecular weight is 295 g/mol. The van der Waals surface area contributed by atoms with Gasteiger partial charge >= 0.3 is 0 Å². The van der Waals surface area contributed by atoms with Crippen molar-refractivity contribution < 1.29 is 13.0 Å². The van der Waals surface area contributed by atoms with Crippen LogP contribution in [-0.4, -0.2) is 22.8 Å². The number of rotatable bonds is 7. The first-order valence-electron chi connectivity index (χ1n) is 6.50. The van der Waals surface area contributed by atoms with Crippen molar-refractivity contribution >= 4 is 10.8 Å². The molecule has 3 nitrogen and oxygen atoms in total. The van der Waals surface area contributed by atoms with Gasteiger partial charge in [-0.3, -0.25) is 4.21 Å². The molecule has 108 valence electrons. The van der Waals surface area contributed by atoms with E-state index in [0.717, 1.165) is 30.0 Å². The summed E-state index contributed by atoms with van der Waals surface area (Å²) in [5.74, 6) is 2.03. The van der Waals surface area contributed by atoms with Crippen molar-refractivity contribution in [2.75, 3.05) is 18.6 Å². The molecule has 20 heavy (non-hydrogen) atoms. The molecule has 0 aliphatic heterocycles. The van der Waals surface area contributed by atoms with Crippen molar-refractivity contribution in [2.45, 2.75) is 13.0 Å². The molecule has 2 aromatic rings. The molecule has 2 rings (SSSR count). The third-order valence-electron chi connectivity index (χ3n) is 2.87. The maximum atomic E-state index is 12.8. The van der Waals surface area contributed by atoms with Gasteiger partial charge in [-0.05, 0) is 49.4 Å². The highest BCUT2D eigenvalue weighted by Gasteiger charge is 2.04. The van der Waals surface area contributed by atoms with Crippen molar-refractivity contribution in [2.24, 2.45) is 0 Å². The molecule has 1 heterocycles. The summed E-state index contributed by atoms with van der Waals surface area (Å²) in [4.78, 5) is 0. The van der Waals surface area contributed by atoms with Crippen molar-refractivity contribution in [3.05, 3.63) is 48.0 Å². The highest BCUT2D eigenvalue weighted by molar-refractivity contribution is 7.84. The quantitative estimate of drug-likeness (QED) is 0.799. The van der Waals surface area contributed by atoms with Gasteiger partial charge in [0.05, 0.1) is 6.54 Å². The molecule has 1 unspecified atom stereocenters. The number of hydrogen-bond donors (Lipinski definition) is 1. The summed E-state index contributed by atoms with van der Waals surface area (Å²) in [6.07, 6.45) is 2.59. The van der Waals surface area contributed by atoms with Gasteiger partial charge in [-0.15, -0.1) is 0 Å². The first kappa shape index (κ1) is 14.9. The summed E-state index contributed by atoms with van der Waals surface area (Å²) in [6.45, 7) is 1.45. The molecule has 0 aliphatic rings. The van der Waals surface area contributed by atoms with Crippen molar-refractivity contribution in [1.29, 1.82) is 0 Å². The number of hydrogen-bond acceptors (Lipinski definition) is 3. The molecule has 1 N–H and O–H groups in total. The Morgan fingerprint density at radius 2 is 1.95 bits per heavy atom. The lowest BCUT2D eigenvalue weighted by molar-refractivity contribution is 0.493. The lowest BCUT2D eigenvalue weighted by Gasteiger charge is -2.01. The zero-order valence-electron chi connectivity index (χ0n) is 11.4. The topological polar surface area (TPSA) is 42.2 Å². The third-order valence-corrected chi connectivity index (χ3v) is 3.74. The molecule has 1 aromatic heterocycles. The van der Waals surface area contributed by atoms with Crippen LogP contribution in [0.3, 0.4) is 0 Å². The van der Waals surface area contributed by atoms with Gasteiger partial charge in [-0.2, -0.15) is 0 Å². The van der Waals surface area contributed by atoms with Crippen LogP contribution in [0.2, 0.25) is 0 Å². The third kappa shape index (κ3) is 4.58. The van der Waals surface area contributed by atoms with E-state index in [4.69, 9.17) is 4.42 Å². The fourth-order valence-electron chi connectivity index (χ4n) is 1.85. The minimum atomic E-state index is -0.730. The summed E-state index contributed by atoms with van der Waals surface area (Å²) >= 11 is 0. The van der Waals surface area contributed by atoms with Crippen LogP contribution in [0.4, 0.5) is 4.39 Å². The Labute approximate surface area is 120 Å². The molecular weight excluding hydrogens is 277 g/mol. The van der Waals surface area contributed by atoms with Gasteiger partial charge in [0.2, 0.25) is 0 Å². The van der Waals surface area contributed by atoms with Crippen LogP contribution in [-0.2, 0) is 17.3 Å². The summed E-state index contributed by atoms with van der Waals surface area (Å²) < 4.78 is 29.4. The van der Waals surface area contributed by atoms with Gasteiger partial charge in [-0.1, -0.05) is 0 Å². The van der Waals surface area contributed by atoms with Crippen molar-refractivity contribution in [1.82, 2.24) is 5.32 Å². The highest BCUT2D eigenvalue weighted by atomic mass is 32.2. The smallest absolute Gasteiger partial charge is 0.134 e. The fourth-order valence-corrected chi connectivity index (χ4v) is 2.41. The lowest BCUT2D eigenvalue weighted by Crippen LogP contribution is -2.16. The molecule has 0 spiro atoms. The molecule has 0 fully saturated rings. The zero-order valence-corrected chi connectivity index (χ0v) is 12.2. The maximum absolute atomic E-state index is 12.8. The van der Waals surface area contributed by atoms with Gasteiger partial charge in [-0.25, -0.2) is 4.39 Å². The Kier molecular flexibility index (Phi) is 5.49. The molecule has 1 atom stereocenters. The van der Waals surface area contributed by atoms with E-state index in [9.17, 15) is 8.60 Å². The van der Waals surface area contributed by atoms with E-state index in [2.05, 4.69) is 5.32 Å². The Morgan fingerprint density at radius 1 is 1.20 bits per heavy atom. The lowest BCUT2D eigenvalue weighted by atomic mass is 10.2. The molecule has 0 saturated heterocycles. The minimum Gasteiger partial charge on any atom is -0.460 e. The summed E-state index contributed by atoms with van der Waals surface area (Å²) in [5, 5.41) is 3.24. The largest absolute Gasteiger partial charge is 0.460 e. The molecule has 1 aromatic carbocycles. The van der Waals surface area contributed by atoms with Crippen LogP contribution in [0, 0.1) is 5.82 Å². The monoisotopic (exact) mass is 295 g/mol. The summed E-state index contributed by atoms with van der Waals surface area (Å²) in [6, 6.07) is 10.0. The Balaban J connectivity index is 1.83. The van der Waals surface area contributed by atoms with Gasteiger partial charge in [0, 0.05) is 28.4 Å². The second kappa shape index (κ2) is 7.36. The molecule has 0 saturated carbocycles. The van der Waals surface area contributed by atoms with E-state index in [1.54, 1.807) is 18.4 Å². The standard InChI is InChI=1S/C15H18FNO2S/c1-20(18)10-2-9-17-11-14-7-8-15(19-14)12-3-5-13(16)6-4-12/h3-8,17H,2,9-11H2,1H3. The van der Waals surface area contributed by atoms with Crippen LogP contribution in [0.15, 0.2) is 40.8 Å². The summed E-state index contributed by atoms with van der Waals surface area (Å²) in [7, 11) is -0.730. The van der Waals surface area contributed by atoms with Gasteiger partial charge in [0.25, 0.3) is 0 Å². The second-order valence-electron chi connectivity index (χ2n) is 4.58. The van der Waals surface area contributed by atoms with E-state index in [1.807, 2.05) is 12.1 Å². The molecule has 0 radical (unpaired) electrons. The van der Waals surface area contributed by atoms with E-state index in [-0.39, 0.29) is 5.82 Å². The Hall–Kier alpha value is -1.46. The normalized spacial score (nSPS) is 12.5. The van der Waals surface area contributed by atoms with E-state index < -0.39 is 10.8 Å². The van der Waals surface area contributed by atoms with E-state index in [1.165, 1.54) is 12.1 Å². The van der Waals surface area contributed by atoms with Gasteiger partial charge in [0.1, 0.15) is 17.3 Å². The molecule has 0 amide bonds. The van der Waals surface area contributed by atoms with Crippen LogP contribution in [0.5, 0.6) is 0 Å². The zero-order chi connectivity index (χ0) is 14.4. The first-order chi connectivity index (χ1) is 9.65. The first-order valence-corrected chi connectivity index (χ1v) is 8.23. The van der Waals surface area contributed by atoms with Crippen molar-refractivity contribution in [3.63, 3.8) is 0 Å². The second-order valence-corrected chi connectivity index (χ2v) is 6.14. The number of nitrogens with one attached hydrogen (secondary N) is 1.